The summed E-state index contributed by atoms with van der Waals surface area (Å²) in [6.07, 6.45) is 1.72. The molecule has 0 fully saturated rings. The second kappa shape index (κ2) is 8.77. The number of benzene rings is 1. The number of hydrogen-bond acceptors (Lipinski definition) is 5. The van der Waals surface area contributed by atoms with Crippen LogP contribution in [-0.2, 0) is 9.53 Å². The lowest BCUT2D eigenvalue weighted by atomic mass is 9.81. The van der Waals surface area contributed by atoms with Crippen LogP contribution in [-0.4, -0.2) is 42.0 Å². The average Bonchev–Trinajstić information content (AvgIpc) is 3.29. The van der Waals surface area contributed by atoms with Crippen LogP contribution in [0.1, 0.15) is 38.3 Å². The number of nitrogens with zero attached hydrogens (tertiary/aromatic N) is 2. The summed E-state index contributed by atoms with van der Waals surface area (Å²) in [5.74, 6) is -0.337. The van der Waals surface area contributed by atoms with E-state index in [-0.39, 0.29) is 11.8 Å². The molecule has 4 rings (SSSR count). The Kier molecular flexibility index (Phi) is 5.92. The van der Waals surface area contributed by atoms with E-state index in [1.165, 1.54) is 0 Å². The van der Waals surface area contributed by atoms with Gasteiger partial charge in [0.25, 0.3) is 5.91 Å². The largest absolute Gasteiger partial charge is 0.383 e. The zero-order chi connectivity index (χ0) is 21.1. The summed E-state index contributed by atoms with van der Waals surface area (Å²) in [4.78, 5) is 33.9. The maximum Gasteiger partial charge on any atom is 0.254 e. The smallest absolute Gasteiger partial charge is 0.254 e. The highest BCUT2D eigenvalue weighted by molar-refractivity contribution is 7.10. The first-order valence-electron chi connectivity index (χ1n) is 9.76. The van der Waals surface area contributed by atoms with Crippen LogP contribution in [0.25, 0.3) is 0 Å². The van der Waals surface area contributed by atoms with Gasteiger partial charge in [0.1, 0.15) is 5.82 Å². The van der Waals surface area contributed by atoms with Crippen LogP contribution < -0.4 is 5.32 Å². The molecule has 1 aliphatic rings. The van der Waals surface area contributed by atoms with Crippen LogP contribution in [0.5, 0.6) is 0 Å². The molecule has 0 spiro atoms. The van der Waals surface area contributed by atoms with Crippen molar-refractivity contribution in [3.05, 3.63) is 81.7 Å². The number of rotatable bonds is 6. The Morgan fingerprint density at radius 3 is 2.73 bits per heavy atom. The predicted octanol–water partition coefficient (Wildman–Crippen LogP) is 4.02. The Morgan fingerprint density at radius 2 is 2.03 bits per heavy atom. The highest BCUT2D eigenvalue weighted by Crippen LogP contribution is 2.44. The molecular formula is C23H23N3O3S. The summed E-state index contributed by atoms with van der Waals surface area (Å²) >= 11 is 1.54. The van der Waals surface area contributed by atoms with Crippen molar-refractivity contribution in [2.75, 3.05) is 25.6 Å². The lowest BCUT2D eigenvalue weighted by Crippen LogP contribution is -2.47. The molecule has 1 aromatic carbocycles. The van der Waals surface area contributed by atoms with Gasteiger partial charge in [-0.2, -0.15) is 0 Å². The zero-order valence-electron chi connectivity index (χ0n) is 16.9. The van der Waals surface area contributed by atoms with Gasteiger partial charge in [-0.25, -0.2) is 4.98 Å². The van der Waals surface area contributed by atoms with E-state index in [1.54, 1.807) is 41.7 Å². The number of aromatic nitrogens is 1. The zero-order valence-corrected chi connectivity index (χ0v) is 17.7. The van der Waals surface area contributed by atoms with Gasteiger partial charge >= 0.3 is 0 Å². The van der Waals surface area contributed by atoms with Crippen LogP contribution in [0.15, 0.2) is 60.1 Å². The van der Waals surface area contributed by atoms with Gasteiger partial charge in [-0.3, -0.25) is 9.59 Å². The van der Waals surface area contributed by atoms with Gasteiger partial charge in [0, 0.05) is 30.3 Å². The molecule has 0 aliphatic carbocycles. The van der Waals surface area contributed by atoms with Crippen molar-refractivity contribution >= 4 is 29.0 Å². The molecule has 2 aromatic heterocycles. The van der Waals surface area contributed by atoms with Gasteiger partial charge in [-0.05, 0) is 41.6 Å². The molecule has 0 saturated heterocycles. The number of ether oxygens (including phenoxy) is 1. The molecule has 30 heavy (non-hydrogen) atoms. The van der Waals surface area contributed by atoms with Gasteiger partial charge in [0.15, 0.2) is 0 Å². The van der Waals surface area contributed by atoms with Crippen molar-refractivity contribution in [2.45, 2.75) is 18.9 Å². The van der Waals surface area contributed by atoms with Gasteiger partial charge in [-0.15, -0.1) is 11.3 Å². The SMILES string of the molecule is COCCN1C(=O)c2ccccc2[C@@H](C(=O)Nc2ccc(C)cn2)[C@H]1c1cccs1. The van der Waals surface area contributed by atoms with E-state index in [2.05, 4.69) is 10.3 Å². The molecule has 7 heteroatoms. The van der Waals surface area contributed by atoms with Gasteiger partial charge in [-0.1, -0.05) is 30.3 Å². The van der Waals surface area contributed by atoms with Crippen molar-refractivity contribution < 1.29 is 14.3 Å². The number of aryl methyl sites for hydroxylation is 1. The molecule has 3 aromatic rings. The fourth-order valence-electron chi connectivity index (χ4n) is 3.83. The lowest BCUT2D eigenvalue weighted by Gasteiger charge is -2.41. The minimum absolute atomic E-state index is 0.0847. The summed E-state index contributed by atoms with van der Waals surface area (Å²) in [5.41, 5.74) is 2.31. The van der Waals surface area contributed by atoms with Gasteiger partial charge in [0.05, 0.1) is 18.6 Å². The molecule has 2 atom stereocenters. The fourth-order valence-corrected chi connectivity index (χ4v) is 4.71. The number of carbonyl (C=O) groups is 2. The highest BCUT2D eigenvalue weighted by Gasteiger charge is 2.44. The van der Waals surface area contributed by atoms with Crippen molar-refractivity contribution in [3.8, 4) is 0 Å². The number of amides is 2. The fraction of sp³-hybridized carbons (Fsp3) is 0.261. The number of nitrogens with one attached hydrogen (secondary N) is 1. The van der Waals surface area contributed by atoms with Crippen LogP contribution in [0.4, 0.5) is 5.82 Å². The topological polar surface area (TPSA) is 71.5 Å². The second-order valence-corrected chi connectivity index (χ2v) is 8.21. The Hall–Kier alpha value is -3.03. The number of fused-ring (bicyclic) bond motifs is 1. The minimum atomic E-state index is -0.558. The van der Waals surface area contributed by atoms with E-state index in [0.29, 0.717) is 24.5 Å². The first-order chi connectivity index (χ1) is 14.6. The number of thiophene rings is 1. The third-order valence-corrected chi connectivity index (χ3v) is 6.20. The number of carbonyl (C=O) groups excluding carboxylic acids is 2. The molecule has 1 aliphatic heterocycles. The van der Waals surface area contributed by atoms with Crippen molar-refractivity contribution in [1.29, 1.82) is 0 Å². The molecule has 0 radical (unpaired) electrons. The van der Waals surface area contributed by atoms with E-state index in [4.69, 9.17) is 4.74 Å². The maximum atomic E-state index is 13.5. The Balaban J connectivity index is 1.78. The Bertz CT molecular complexity index is 1030. The predicted molar refractivity (Wildman–Crippen MR) is 117 cm³/mol. The normalized spacial score (nSPS) is 18.2. The number of anilines is 1. The molecule has 154 valence electrons. The van der Waals surface area contributed by atoms with Crippen LogP contribution >= 0.6 is 11.3 Å². The first-order valence-corrected chi connectivity index (χ1v) is 10.6. The van der Waals surface area contributed by atoms with E-state index < -0.39 is 12.0 Å². The third kappa shape index (κ3) is 3.86. The summed E-state index contributed by atoms with van der Waals surface area (Å²) in [7, 11) is 1.61. The monoisotopic (exact) mass is 421 g/mol. The Morgan fingerprint density at radius 1 is 1.20 bits per heavy atom. The quantitative estimate of drug-likeness (QED) is 0.653. The lowest BCUT2D eigenvalue weighted by molar-refractivity contribution is -0.119. The molecule has 0 bridgehead atoms. The molecule has 0 unspecified atom stereocenters. The van der Waals surface area contributed by atoms with Gasteiger partial charge in [0.2, 0.25) is 5.91 Å². The van der Waals surface area contributed by atoms with Crippen LogP contribution in [0, 0.1) is 6.92 Å². The van der Waals surface area contributed by atoms with Crippen LogP contribution in [0.2, 0.25) is 0 Å². The molecular weight excluding hydrogens is 398 g/mol. The maximum absolute atomic E-state index is 13.5. The minimum Gasteiger partial charge on any atom is -0.383 e. The van der Waals surface area contributed by atoms with Crippen molar-refractivity contribution in [3.63, 3.8) is 0 Å². The molecule has 6 nitrogen and oxygen atoms in total. The number of methoxy groups -OCH3 is 1. The summed E-state index contributed by atoms with van der Waals surface area (Å²) in [6.45, 7) is 2.74. The Labute approximate surface area is 179 Å². The number of hydrogen-bond donors (Lipinski definition) is 1. The third-order valence-electron chi connectivity index (χ3n) is 5.25. The molecule has 1 N–H and O–H groups in total. The van der Waals surface area contributed by atoms with E-state index in [9.17, 15) is 9.59 Å². The van der Waals surface area contributed by atoms with E-state index >= 15 is 0 Å². The van der Waals surface area contributed by atoms with E-state index in [0.717, 1.165) is 16.0 Å². The average molecular weight is 422 g/mol. The molecule has 3 heterocycles. The summed E-state index contributed by atoms with van der Waals surface area (Å²) in [6, 6.07) is 14.5. The summed E-state index contributed by atoms with van der Waals surface area (Å²) < 4.78 is 5.25. The van der Waals surface area contributed by atoms with E-state index in [1.807, 2.05) is 48.7 Å². The van der Waals surface area contributed by atoms with Crippen molar-refractivity contribution in [1.82, 2.24) is 9.88 Å². The molecule has 2 amide bonds. The van der Waals surface area contributed by atoms with Gasteiger partial charge < -0.3 is 15.0 Å². The standard InChI is InChI=1S/C23H23N3O3S/c1-15-9-10-19(24-14-15)25-22(27)20-16-6-3-4-7-17(16)23(28)26(11-12-29-2)21(20)18-8-5-13-30-18/h3-10,13-14,20-21H,11-12H2,1-2H3,(H,24,25,27)/t20-,21-/m1/s1. The van der Waals surface area contributed by atoms with Crippen LogP contribution in [0.3, 0.4) is 0 Å². The highest BCUT2D eigenvalue weighted by atomic mass is 32.1. The van der Waals surface area contributed by atoms with Crippen molar-refractivity contribution in [2.24, 2.45) is 0 Å². The summed E-state index contributed by atoms with van der Waals surface area (Å²) in [5, 5.41) is 4.91. The second-order valence-electron chi connectivity index (χ2n) is 7.23. The number of pyridine rings is 1. The molecule has 0 saturated carbocycles. The first kappa shape index (κ1) is 20.3.